The van der Waals surface area contributed by atoms with Crippen molar-refractivity contribution in [3.05, 3.63) is 48.4 Å². The summed E-state index contributed by atoms with van der Waals surface area (Å²) in [5.41, 5.74) is 3.03. The Balaban J connectivity index is 2.43. The van der Waals surface area contributed by atoms with Gasteiger partial charge in [0, 0.05) is 36.8 Å². The molecule has 0 fully saturated rings. The Morgan fingerprint density at radius 1 is 1.20 bits per heavy atom. The van der Waals surface area contributed by atoms with Gasteiger partial charge in [-0.3, -0.25) is 9.97 Å². The number of pyridine rings is 2. The van der Waals surface area contributed by atoms with E-state index in [1.54, 1.807) is 19.5 Å². The van der Waals surface area contributed by atoms with Crippen LogP contribution in [0.25, 0.3) is 11.3 Å². The predicted octanol–water partition coefficient (Wildman–Crippen LogP) is 2.29. The first kappa shape index (κ1) is 9.80. The van der Waals surface area contributed by atoms with Gasteiger partial charge in [-0.2, -0.15) is 0 Å². The minimum Gasteiger partial charge on any atom is -0.380 e. The molecule has 0 aromatic carbocycles. The highest BCUT2D eigenvalue weighted by Gasteiger charge is 2.04. The van der Waals surface area contributed by atoms with Gasteiger partial charge in [-0.25, -0.2) is 0 Å². The predicted molar refractivity (Wildman–Crippen MR) is 58.2 cm³/mol. The van der Waals surface area contributed by atoms with Crippen LogP contribution in [0.2, 0.25) is 0 Å². The van der Waals surface area contributed by atoms with Crippen LogP contribution in [0, 0.1) is 0 Å². The van der Waals surface area contributed by atoms with E-state index in [0.717, 1.165) is 16.8 Å². The summed E-state index contributed by atoms with van der Waals surface area (Å²) in [6, 6.07) is 7.82. The summed E-state index contributed by atoms with van der Waals surface area (Å²) in [4.78, 5) is 8.43. The molecule has 0 radical (unpaired) electrons. The van der Waals surface area contributed by atoms with Gasteiger partial charge in [0.2, 0.25) is 0 Å². The quantitative estimate of drug-likeness (QED) is 0.762. The summed E-state index contributed by atoms with van der Waals surface area (Å²) in [5.74, 6) is 0. The molecule has 0 saturated heterocycles. The zero-order chi connectivity index (χ0) is 10.5. The molecule has 3 nitrogen and oxygen atoms in total. The largest absolute Gasteiger partial charge is 0.380 e. The van der Waals surface area contributed by atoms with Crippen molar-refractivity contribution in [2.45, 2.75) is 6.61 Å². The zero-order valence-corrected chi connectivity index (χ0v) is 8.55. The maximum atomic E-state index is 5.13. The van der Waals surface area contributed by atoms with E-state index in [2.05, 4.69) is 9.97 Å². The van der Waals surface area contributed by atoms with Crippen LogP contribution < -0.4 is 0 Å². The van der Waals surface area contributed by atoms with Gasteiger partial charge in [0.1, 0.15) is 0 Å². The van der Waals surface area contributed by atoms with Crippen molar-refractivity contribution in [1.82, 2.24) is 9.97 Å². The first-order chi connectivity index (χ1) is 7.42. The van der Waals surface area contributed by atoms with E-state index in [0.29, 0.717) is 6.61 Å². The number of rotatable bonds is 3. The second-order valence-corrected chi connectivity index (χ2v) is 3.19. The number of methoxy groups -OCH3 is 1. The SMILES string of the molecule is COCc1cccnc1-c1cccnc1. The second-order valence-electron chi connectivity index (χ2n) is 3.19. The van der Waals surface area contributed by atoms with Gasteiger partial charge < -0.3 is 4.74 Å². The molecule has 0 aliphatic heterocycles. The highest BCUT2D eigenvalue weighted by atomic mass is 16.5. The molecule has 0 unspecified atom stereocenters. The third kappa shape index (κ3) is 2.19. The molecule has 3 heteroatoms. The van der Waals surface area contributed by atoms with Crippen LogP contribution in [0.15, 0.2) is 42.9 Å². The number of hydrogen-bond donors (Lipinski definition) is 0. The normalized spacial score (nSPS) is 10.2. The molecule has 15 heavy (non-hydrogen) atoms. The van der Waals surface area contributed by atoms with E-state index in [1.165, 1.54) is 0 Å². The summed E-state index contributed by atoms with van der Waals surface area (Å²) >= 11 is 0. The Hall–Kier alpha value is -1.74. The summed E-state index contributed by atoms with van der Waals surface area (Å²) < 4.78 is 5.13. The Morgan fingerprint density at radius 2 is 2.07 bits per heavy atom. The third-order valence-electron chi connectivity index (χ3n) is 2.13. The van der Waals surface area contributed by atoms with E-state index in [1.807, 2.05) is 30.5 Å². The molecule has 2 rings (SSSR count). The smallest absolute Gasteiger partial charge is 0.0772 e. The number of aromatic nitrogens is 2. The van der Waals surface area contributed by atoms with E-state index >= 15 is 0 Å². The topological polar surface area (TPSA) is 35.0 Å². The van der Waals surface area contributed by atoms with Crippen LogP contribution in [0.4, 0.5) is 0 Å². The number of hydrogen-bond acceptors (Lipinski definition) is 3. The molecule has 0 saturated carbocycles. The highest BCUT2D eigenvalue weighted by molar-refractivity contribution is 5.61. The second kappa shape index (κ2) is 4.66. The average Bonchev–Trinajstić information content (AvgIpc) is 2.31. The molecule has 0 aliphatic carbocycles. The first-order valence-corrected chi connectivity index (χ1v) is 4.75. The highest BCUT2D eigenvalue weighted by Crippen LogP contribution is 2.20. The average molecular weight is 200 g/mol. The van der Waals surface area contributed by atoms with Gasteiger partial charge in [0.05, 0.1) is 12.3 Å². The maximum Gasteiger partial charge on any atom is 0.0772 e. The van der Waals surface area contributed by atoms with Gasteiger partial charge >= 0.3 is 0 Å². The Bertz CT molecular complexity index is 429. The lowest BCUT2D eigenvalue weighted by Crippen LogP contribution is -1.94. The van der Waals surface area contributed by atoms with Crippen molar-refractivity contribution < 1.29 is 4.74 Å². The fourth-order valence-corrected chi connectivity index (χ4v) is 1.47. The van der Waals surface area contributed by atoms with Crippen molar-refractivity contribution in [2.75, 3.05) is 7.11 Å². The Morgan fingerprint density at radius 3 is 2.80 bits per heavy atom. The van der Waals surface area contributed by atoms with Crippen LogP contribution in [0.3, 0.4) is 0 Å². The maximum absolute atomic E-state index is 5.13. The van der Waals surface area contributed by atoms with Crippen LogP contribution in [0.5, 0.6) is 0 Å². The van der Waals surface area contributed by atoms with Crippen molar-refractivity contribution in [3.8, 4) is 11.3 Å². The Kier molecular flexibility index (Phi) is 3.05. The van der Waals surface area contributed by atoms with Crippen molar-refractivity contribution >= 4 is 0 Å². The van der Waals surface area contributed by atoms with Crippen LogP contribution in [-0.4, -0.2) is 17.1 Å². The number of nitrogens with zero attached hydrogens (tertiary/aromatic N) is 2. The molecule has 2 aromatic rings. The molecule has 2 heterocycles. The molecule has 0 spiro atoms. The summed E-state index contributed by atoms with van der Waals surface area (Å²) in [6.07, 6.45) is 5.34. The fourth-order valence-electron chi connectivity index (χ4n) is 1.47. The Labute approximate surface area is 88.8 Å². The lowest BCUT2D eigenvalue weighted by Gasteiger charge is -2.06. The molecule has 2 aromatic heterocycles. The molecule has 0 bridgehead atoms. The minimum atomic E-state index is 0.568. The molecule has 0 aliphatic rings. The monoisotopic (exact) mass is 200 g/mol. The van der Waals surface area contributed by atoms with Crippen LogP contribution >= 0.6 is 0 Å². The lowest BCUT2D eigenvalue weighted by molar-refractivity contribution is 0.185. The number of ether oxygens (including phenoxy) is 1. The van der Waals surface area contributed by atoms with E-state index in [4.69, 9.17) is 4.74 Å². The van der Waals surface area contributed by atoms with Gasteiger partial charge in [-0.1, -0.05) is 6.07 Å². The van der Waals surface area contributed by atoms with E-state index in [-0.39, 0.29) is 0 Å². The standard InChI is InChI=1S/C12H12N2O/c1-15-9-11-5-3-7-14-12(11)10-4-2-6-13-8-10/h2-8H,9H2,1H3. The molecular formula is C12H12N2O. The molecule has 0 N–H and O–H groups in total. The summed E-state index contributed by atoms with van der Waals surface area (Å²) in [7, 11) is 1.68. The first-order valence-electron chi connectivity index (χ1n) is 4.75. The van der Waals surface area contributed by atoms with Crippen LogP contribution in [0.1, 0.15) is 5.56 Å². The minimum absolute atomic E-state index is 0.568. The van der Waals surface area contributed by atoms with Crippen molar-refractivity contribution in [1.29, 1.82) is 0 Å². The molecule has 0 amide bonds. The summed E-state index contributed by atoms with van der Waals surface area (Å²) in [5, 5.41) is 0. The molecular weight excluding hydrogens is 188 g/mol. The lowest BCUT2D eigenvalue weighted by atomic mass is 10.1. The molecule has 0 atom stereocenters. The van der Waals surface area contributed by atoms with E-state index in [9.17, 15) is 0 Å². The summed E-state index contributed by atoms with van der Waals surface area (Å²) in [6.45, 7) is 0.568. The fraction of sp³-hybridized carbons (Fsp3) is 0.167. The van der Waals surface area contributed by atoms with E-state index < -0.39 is 0 Å². The van der Waals surface area contributed by atoms with Gasteiger partial charge in [0.15, 0.2) is 0 Å². The third-order valence-corrected chi connectivity index (χ3v) is 2.13. The van der Waals surface area contributed by atoms with Gasteiger partial charge in [-0.05, 0) is 18.2 Å². The molecule has 76 valence electrons. The zero-order valence-electron chi connectivity index (χ0n) is 8.55. The van der Waals surface area contributed by atoms with Crippen LogP contribution in [-0.2, 0) is 11.3 Å². The van der Waals surface area contributed by atoms with Crippen molar-refractivity contribution in [2.24, 2.45) is 0 Å². The van der Waals surface area contributed by atoms with Gasteiger partial charge in [-0.15, -0.1) is 0 Å². The van der Waals surface area contributed by atoms with Gasteiger partial charge in [0.25, 0.3) is 0 Å². The van der Waals surface area contributed by atoms with Crippen molar-refractivity contribution in [3.63, 3.8) is 0 Å².